The molecule has 0 saturated carbocycles. The number of hydrogen-bond donors (Lipinski definition) is 1. The maximum absolute atomic E-state index is 13.1. The molecule has 19 heavy (non-hydrogen) atoms. The predicted molar refractivity (Wildman–Crippen MR) is 67.0 cm³/mol. The smallest absolute Gasteiger partial charge is 0.274 e. The first-order chi connectivity index (χ1) is 9.08. The topological polar surface area (TPSA) is 68.3 Å². The minimum absolute atomic E-state index is 0.0967. The molecule has 1 aromatic heterocycles. The Bertz CT molecular complexity index is 569. The summed E-state index contributed by atoms with van der Waals surface area (Å²) in [4.78, 5) is 10.3. The predicted octanol–water partition coefficient (Wildman–Crippen LogP) is 3.18. The molecular weight excluding hydrogens is 251 g/mol. The van der Waals surface area contributed by atoms with E-state index in [2.05, 4.69) is 5.32 Å². The summed E-state index contributed by atoms with van der Waals surface area (Å²) in [6.07, 6.45) is 1.55. The number of benzene rings is 1. The van der Waals surface area contributed by atoms with Crippen LogP contribution in [0.5, 0.6) is 0 Å². The van der Waals surface area contributed by atoms with Gasteiger partial charge in [0.25, 0.3) is 5.69 Å². The van der Waals surface area contributed by atoms with Crippen LogP contribution in [0.3, 0.4) is 0 Å². The van der Waals surface area contributed by atoms with Gasteiger partial charge in [-0.15, -0.1) is 0 Å². The van der Waals surface area contributed by atoms with E-state index in [-0.39, 0.29) is 18.3 Å². The monoisotopic (exact) mass is 264 g/mol. The molecule has 0 bridgehead atoms. The molecule has 0 saturated heterocycles. The van der Waals surface area contributed by atoms with Crippen molar-refractivity contribution in [2.45, 2.75) is 19.5 Å². The van der Waals surface area contributed by atoms with Crippen molar-refractivity contribution in [3.05, 3.63) is 63.9 Å². The third-order valence-corrected chi connectivity index (χ3v) is 2.81. The molecule has 0 aliphatic rings. The highest BCUT2D eigenvalue weighted by atomic mass is 19.1. The van der Waals surface area contributed by atoms with Crippen molar-refractivity contribution in [3.63, 3.8) is 0 Å². The van der Waals surface area contributed by atoms with E-state index in [1.54, 1.807) is 18.4 Å². The van der Waals surface area contributed by atoms with Crippen LogP contribution < -0.4 is 5.32 Å². The first-order valence-electron chi connectivity index (χ1n) is 5.77. The summed E-state index contributed by atoms with van der Waals surface area (Å²) < 4.78 is 18.4. The Balaban J connectivity index is 2.10. The van der Waals surface area contributed by atoms with Gasteiger partial charge >= 0.3 is 0 Å². The van der Waals surface area contributed by atoms with E-state index in [1.807, 2.05) is 6.92 Å². The van der Waals surface area contributed by atoms with E-state index < -0.39 is 10.7 Å². The average Bonchev–Trinajstić information content (AvgIpc) is 2.89. The number of furan rings is 1. The summed E-state index contributed by atoms with van der Waals surface area (Å²) in [5.41, 5.74) is 0.212. The summed E-state index contributed by atoms with van der Waals surface area (Å²) in [7, 11) is 0. The Morgan fingerprint density at radius 2 is 2.26 bits per heavy atom. The van der Waals surface area contributed by atoms with Crippen molar-refractivity contribution in [2.24, 2.45) is 0 Å². The molecule has 0 spiro atoms. The zero-order valence-electron chi connectivity index (χ0n) is 10.3. The zero-order chi connectivity index (χ0) is 13.8. The van der Waals surface area contributed by atoms with Gasteiger partial charge in [0.2, 0.25) is 0 Å². The lowest BCUT2D eigenvalue weighted by Gasteiger charge is -2.11. The van der Waals surface area contributed by atoms with Crippen LogP contribution in [0, 0.1) is 15.9 Å². The highest BCUT2D eigenvalue weighted by Gasteiger charge is 2.15. The van der Waals surface area contributed by atoms with Crippen molar-refractivity contribution in [1.29, 1.82) is 0 Å². The highest BCUT2D eigenvalue weighted by Crippen LogP contribution is 2.21. The maximum atomic E-state index is 13.1. The SMILES string of the molecule is CC(NCc1cc(F)ccc1[N+](=O)[O-])c1ccco1. The van der Waals surface area contributed by atoms with E-state index >= 15 is 0 Å². The van der Waals surface area contributed by atoms with Crippen molar-refractivity contribution < 1.29 is 13.7 Å². The summed E-state index contributed by atoms with van der Waals surface area (Å²) >= 11 is 0. The molecule has 2 aromatic rings. The average molecular weight is 264 g/mol. The molecule has 2 rings (SSSR count). The van der Waals surface area contributed by atoms with Gasteiger partial charge in [-0.2, -0.15) is 0 Å². The number of hydrogen-bond acceptors (Lipinski definition) is 4. The second-order valence-corrected chi connectivity index (χ2v) is 4.15. The van der Waals surface area contributed by atoms with Crippen molar-refractivity contribution >= 4 is 5.69 Å². The normalized spacial score (nSPS) is 12.3. The minimum atomic E-state index is -0.520. The molecule has 6 heteroatoms. The second kappa shape index (κ2) is 5.62. The Labute approximate surface area is 109 Å². The molecule has 5 nitrogen and oxygen atoms in total. The lowest BCUT2D eigenvalue weighted by atomic mass is 10.1. The third kappa shape index (κ3) is 3.17. The third-order valence-electron chi connectivity index (χ3n) is 2.81. The molecule has 1 atom stereocenters. The summed E-state index contributed by atoms with van der Waals surface area (Å²) in [6, 6.07) is 6.87. The first-order valence-corrected chi connectivity index (χ1v) is 5.77. The Hall–Kier alpha value is -2.21. The van der Waals surface area contributed by atoms with Crippen LogP contribution in [0.25, 0.3) is 0 Å². The van der Waals surface area contributed by atoms with E-state index in [0.29, 0.717) is 5.56 Å². The van der Waals surface area contributed by atoms with Crippen LogP contribution in [0.15, 0.2) is 41.0 Å². The number of halogens is 1. The first kappa shape index (κ1) is 13.2. The number of nitrogens with one attached hydrogen (secondary N) is 1. The lowest BCUT2D eigenvalue weighted by Crippen LogP contribution is -2.18. The van der Waals surface area contributed by atoms with Crippen molar-refractivity contribution in [1.82, 2.24) is 5.32 Å². The maximum Gasteiger partial charge on any atom is 0.274 e. The quantitative estimate of drug-likeness (QED) is 0.665. The van der Waals surface area contributed by atoms with E-state index in [0.717, 1.165) is 11.8 Å². The lowest BCUT2D eigenvalue weighted by molar-refractivity contribution is -0.385. The van der Waals surface area contributed by atoms with Gasteiger partial charge in [-0.3, -0.25) is 10.1 Å². The summed E-state index contributed by atoms with van der Waals surface area (Å²) in [5, 5.41) is 13.9. The van der Waals surface area contributed by atoms with Crippen LogP contribution in [-0.4, -0.2) is 4.92 Å². The summed E-state index contributed by atoms with van der Waals surface area (Å²) in [6.45, 7) is 2.06. The Morgan fingerprint density at radius 1 is 1.47 bits per heavy atom. The Morgan fingerprint density at radius 3 is 2.89 bits per heavy atom. The van der Waals surface area contributed by atoms with Crippen molar-refractivity contribution in [2.75, 3.05) is 0 Å². The van der Waals surface area contributed by atoms with Gasteiger partial charge in [0, 0.05) is 18.2 Å². The van der Waals surface area contributed by atoms with E-state index in [9.17, 15) is 14.5 Å². The van der Waals surface area contributed by atoms with Crippen molar-refractivity contribution in [3.8, 4) is 0 Å². The van der Waals surface area contributed by atoms with Gasteiger partial charge in [0.05, 0.1) is 17.2 Å². The van der Waals surface area contributed by atoms with Gasteiger partial charge in [0.15, 0.2) is 0 Å². The standard InChI is InChI=1S/C13H13FN2O3/c1-9(13-3-2-6-19-13)15-8-10-7-11(14)4-5-12(10)16(17)18/h2-7,9,15H,8H2,1H3. The number of rotatable bonds is 5. The molecule has 0 fully saturated rings. The molecule has 0 radical (unpaired) electrons. The van der Waals surface area contributed by atoms with Gasteiger partial charge in [-0.05, 0) is 31.2 Å². The molecule has 0 amide bonds. The van der Waals surface area contributed by atoms with E-state index in [4.69, 9.17) is 4.42 Å². The van der Waals surface area contributed by atoms with Gasteiger partial charge in [-0.25, -0.2) is 4.39 Å². The number of nitro groups is 1. The van der Waals surface area contributed by atoms with Crippen LogP contribution in [0.1, 0.15) is 24.3 Å². The molecule has 0 aliphatic carbocycles. The molecule has 1 unspecified atom stereocenters. The molecule has 1 N–H and O–H groups in total. The number of nitrogens with zero attached hydrogens (tertiary/aromatic N) is 1. The number of nitro benzene ring substituents is 1. The molecule has 100 valence electrons. The second-order valence-electron chi connectivity index (χ2n) is 4.15. The van der Waals surface area contributed by atoms with Gasteiger partial charge in [0.1, 0.15) is 11.6 Å². The highest BCUT2D eigenvalue weighted by molar-refractivity contribution is 5.40. The molecule has 1 heterocycles. The molecule has 1 aromatic carbocycles. The molecule has 0 aliphatic heterocycles. The van der Waals surface area contributed by atoms with E-state index in [1.165, 1.54) is 12.1 Å². The zero-order valence-corrected chi connectivity index (χ0v) is 10.3. The van der Waals surface area contributed by atoms with Crippen LogP contribution in [-0.2, 0) is 6.54 Å². The van der Waals surface area contributed by atoms with Gasteiger partial charge in [-0.1, -0.05) is 0 Å². The fourth-order valence-corrected chi connectivity index (χ4v) is 1.78. The van der Waals surface area contributed by atoms with Crippen LogP contribution in [0.2, 0.25) is 0 Å². The minimum Gasteiger partial charge on any atom is -0.468 e. The fourth-order valence-electron chi connectivity index (χ4n) is 1.78. The fraction of sp³-hybridized carbons (Fsp3) is 0.231. The molecular formula is C13H13FN2O3. The van der Waals surface area contributed by atoms with Gasteiger partial charge < -0.3 is 9.73 Å². The largest absolute Gasteiger partial charge is 0.468 e. The van der Waals surface area contributed by atoms with Crippen LogP contribution in [0.4, 0.5) is 10.1 Å². The van der Waals surface area contributed by atoms with Crippen LogP contribution >= 0.6 is 0 Å². The summed E-state index contributed by atoms with van der Waals surface area (Å²) in [5.74, 6) is 0.229. The Kier molecular flexibility index (Phi) is 3.91.